The van der Waals surface area contributed by atoms with Crippen molar-refractivity contribution in [3.63, 3.8) is 0 Å². The average Bonchev–Trinajstić information content (AvgIpc) is 2.95. The van der Waals surface area contributed by atoms with Crippen molar-refractivity contribution in [1.82, 2.24) is 9.88 Å². The number of hydrogen-bond donors (Lipinski definition) is 2. The van der Waals surface area contributed by atoms with E-state index in [4.69, 9.17) is 0 Å². The Bertz CT molecular complexity index is 795. The number of amides is 1. The van der Waals surface area contributed by atoms with Gasteiger partial charge in [-0.25, -0.2) is 0 Å². The standard InChI is InChI=1S/C17H15F3N2O3/c18-17(19,20)12-3-1-2-10(4-12)15-6-14(24)9-22(15)16(25)11-5-13(23)8-21-7-11/h1-5,7-8,14-15,23-24H,6,9H2/t14-,15-/m0/s1. The van der Waals surface area contributed by atoms with E-state index >= 15 is 0 Å². The van der Waals surface area contributed by atoms with Crippen LogP contribution in [-0.2, 0) is 6.18 Å². The number of β-amino-alcohol motifs (C(OH)–C–C–N with tert-alkyl or cyclic N) is 1. The number of carbonyl (C=O) groups excluding carboxylic acids is 1. The molecule has 3 rings (SSSR count). The first-order chi connectivity index (χ1) is 11.8. The third-order valence-corrected chi connectivity index (χ3v) is 4.11. The molecule has 2 heterocycles. The lowest BCUT2D eigenvalue weighted by Gasteiger charge is -2.25. The zero-order valence-corrected chi connectivity index (χ0v) is 12.9. The molecule has 5 nitrogen and oxygen atoms in total. The second-order valence-electron chi connectivity index (χ2n) is 5.92. The molecule has 1 saturated heterocycles. The number of carbonyl (C=O) groups is 1. The molecule has 1 aromatic heterocycles. The van der Waals surface area contributed by atoms with Crippen LogP contribution in [0, 0.1) is 0 Å². The van der Waals surface area contributed by atoms with Crippen molar-refractivity contribution in [3.8, 4) is 5.75 Å². The molecule has 1 fully saturated rings. The molecule has 1 aliphatic rings. The highest BCUT2D eigenvalue weighted by Crippen LogP contribution is 2.37. The Morgan fingerprint density at radius 2 is 2.00 bits per heavy atom. The van der Waals surface area contributed by atoms with E-state index in [1.165, 1.54) is 35.5 Å². The first kappa shape index (κ1) is 17.2. The predicted octanol–water partition coefficient (Wildman–Crippen LogP) is 2.75. The van der Waals surface area contributed by atoms with Crippen LogP contribution < -0.4 is 0 Å². The second-order valence-corrected chi connectivity index (χ2v) is 5.92. The topological polar surface area (TPSA) is 73.7 Å². The van der Waals surface area contributed by atoms with Crippen LogP contribution >= 0.6 is 0 Å². The number of halogens is 3. The van der Waals surface area contributed by atoms with Crippen LogP contribution in [0.2, 0.25) is 0 Å². The maximum Gasteiger partial charge on any atom is 0.416 e. The Labute approximate surface area is 141 Å². The van der Waals surface area contributed by atoms with Gasteiger partial charge in [0, 0.05) is 12.7 Å². The summed E-state index contributed by atoms with van der Waals surface area (Å²) in [7, 11) is 0. The van der Waals surface area contributed by atoms with E-state index in [0.717, 1.165) is 12.1 Å². The summed E-state index contributed by atoms with van der Waals surface area (Å²) in [5.74, 6) is -0.705. The molecule has 1 amide bonds. The van der Waals surface area contributed by atoms with Gasteiger partial charge in [-0.3, -0.25) is 9.78 Å². The Hall–Kier alpha value is -2.61. The summed E-state index contributed by atoms with van der Waals surface area (Å²) in [6.45, 7) is -0.00456. The van der Waals surface area contributed by atoms with Gasteiger partial charge in [-0.05, 0) is 30.2 Å². The molecular formula is C17H15F3N2O3. The van der Waals surface area contributed by atoms with Gasteiger partial charge in [0.15, 0.2) is 0 Å². The number of nitrogens with zero attached hydrogens (tertiary/aromatic N) is 2. The molecule has 0 unspecified atom stereocenters. The van der Waals surface area contributed by atoms with Crippen LogP contribution in [0.4, 0.5) is 13.2 Å². The van der Waals surface area contributed by atoms with Gasteiger partial charge in [-0.15, -0.1) is 0 Å². The fraction of sp³-hybridized carbons (Fsp3) is 0.294. The highest BCUT2D eigenvalue weighted by atomic mass is 19.4. The number of benzene rings is 1. The zero-order chi connectivity index (χ0) is 18.2. The molecule has 1 aliphatic heterocycles. The number of rotatable bonds is 2. The predicted molar refractivity (Wildman–Crippen MR) is 81.7 cm³/mol. The summed E-state index contributed by atoms with van der Waals surface area (Å²) >= 11 is 0. The Morgan fingerprint density at radius 1 is 1.24 bits per heavy atom. The van der Waals surface area contributed by atoms with Gasteiger partial charge in [0.2, 0.25) is 0 Å². The number of likely N-dealkylation sites (tertiary alicyclic amines) is 1. The van der Waals surface area contributed by atoms with Gasteiger partial charge in [0.05, 0.1) is 29.5 Å². The lowest BCUT2D eigenvalue weighted by molar-refractivity contribution is -0.137. The number of alkyl halides is 3. The third kappa shape index (κ3) is 3.58. The number of hydrogen-bond acceptors (Lipinski definition) is 4. The maximum atomic E-state index is 12.9. The molecule has 0 spiro atoms. The lowest BCUT2D eigenvalue weighted by atomic mass is 10.0. The second kappa shape index (κ2) is 6.36. The van der Waals surface area contributed by atoms with Gasteiger partial charge in [-0.2, -0.15) is 13.2 Å². The van der Waals surface area contributed by atoms with E-state index < -0.39 is 29.8 Å². The summed E-state index contributed by atoms with van der Waals surface area (Å²) < 4.78 is 38.8. The van der Waals surface area contributed by atoms with E-state index in [9.17, 15) is 28.2 Å². The largest absolute Gasteiger partial charge is 0.506 e. The molecule has 8 heteroatoms. The van der Waals surface area contributed by atoms with Gasteiger partial charge in [0.1, 0.15) is 5.75 Å². The van der Waals surface area contributed by atoms with Gasteiger partial charge < -0.3 is 15.1 Å². The number of pyridine rings is 1. The number of aliphatic hydroxyl groups excluding tert-OH is 1. The first-order valence-electron chi connectivity index (χ1n) is 7.56. The molecule has 2 atom stereocenters. The van der Waals surface area contributed by atoms with Crippen LogP contribution in [0.5, 0.6) is 5.75 Å². The van der Waals surface area contributed by atoms with Crippen molar-refractivity contribution >= 4 is 5.91 Å². The van der Waals surface area contributed by atoms with Crippen molar-refractivity contribution in [2.45, 2.75) is 24.7 Å². The zero-order valence-electron chi connectivity index (χ0n) is 12.9. The first-order valence-corrected chi connectivity index (χ1v) is 7.56. The minimum atomic E-state index is -4.49. The van der Waals surface area contributed by atoms with E-state index in [2.05, 4.69) is 4.98 Å². The molecular weight excluding hydrogens is 337 g/mol. The fourth-order valence-electron chi connectivity index (χ4n) is 2.99. The SMILES string of the molecule is O=C(c1cncc(O)c1)N1C[C@@H](O)C[C@H]1c1cccc(C(F)(F)F)c1. The van der Waals surface area contributed by atoms with Crippen LogP contribution in [0.15, 0.2) is 42.7 Å². The van der Waals surface area contributed by atoms with E-state index in [-0.39, 0.29) is 24.3 Å². The monoisotopic (exact) mass is 352 g/mol. The maximum absolute atomic E-state index is 12.9. The van der Waals surface area contributed by atoms with Crippen molar-refractivity contribution in [3.05, 3.63) is 59.4 Å². The van der Waals surface area contributed by atoms with Crippen LogP contribution in [0.3, 0.4) is 0 Å². The van der Waals surface area contributed by atoms with Crippen LogP contribution in [0.1, 0.15) is 33.9 Å². The molecule has 1 aromatic carbocycles. The molecule has 0 saturated carbocycles. The van der Waals surface area contributed by atoms with Crippen molar-refractivity contribution in [2.75, 3.05) is 6.54 Å². The molecule has 25 heavy (non-hydrogen) atoms. The summed E-state index contributed by atoms with van der Waals surface area (Å²) in [6, 6.07) is 5.26. The normalized spacial score (nSPS) is 20.7. The molecule has 0 bridgehead atoms. The minimum Gasteiger partial charge on any atom is -0.506 e. The summed E-state index contributed by atoms with van der Waals surface area (Å²) in [5.41, 5.74) is -0.406. The number of aliphatic hydroxyl groups is 1. The molecule has 132 valence electrons. The quantitative estimate of drug-likeness (QED) is 0.872. The Kier molecular flexibility index (Phi) is 4.38. The minimum absolute atomic E-state index is 0.00456. The summed E-state index contributed by atoms with van der Waals surface area (Å²) in [5, 5.41) is 19.4. The molecule has 2 N–H and O–H groups in total. The summed E-state index contributed by atoms with van der Waals surface area (Å²) in [4.78, 5) is 17.7. The fourth-order valence-corrected chi connectivity index (χ4v) is 2.99. The number of aromatic nitrogens is 1. The van der Waals surface area contributed by atoms with Crippen molar-refractivity contribution in [2.24, 2.45) is 0 Å². The van der Waals surface area contributed by atoms with Crippen molar-refractivity contribution in [1.29, 1.82) is 0 Å². The number of aromatic hydroxyl groups is 1. The lowest BCUT2D eigenvalue weighted by Crippen LogP contribution is -2.32. The Balaban J connectivity index is 1.94. The van der Waals surface area contributed by atoms with E-state index in [0.29, 0.717) is 5.56 Å². The van der Waals surface area contributed by atoms with Crippen LogP contribution in [0.25, 0.3) is 0 Å². The highest BCUT2D eigenvalue weighted by molar-refractivity contribution is 5.94. The molecule has 0 radical (unpaired) electrons. The molecule has 0 aliphatic carbocycles. The van der Waals surface area contributed by atoms with Crippen molar-refractivity contribution < 1.29 is 28.2 Å². The average molecular weight is 352 g/mol. The van der Waals surface area contributed by atoms with Gasteiger partial charge >= 0.3 is 6.18 Å². The van der Waals surface area contributed by atoms with Crippen LogP contribution in [-0.4, -0.2) is 38.7 Å². The van der Waals surface area contributed by atoms with Gasteiger partial charge in [0.25, 0.3) is 5.91 Å². The molecule has 2 aromatic rings. The smallest absolute Gasteiger partial charge is 0.416 e. The van der Waals surface area contributed by atoms with E-state index in [1.54, 1.807) is 0 Å². The third-order valence-electron chi connectivity index (χ3n) is 4.11. The van der Waals surface area contributed by atoms with E-state index in [1.807, 2.05) is 0 Å². The Morgan fingerprint density at radius 3 is 2.68 bits per heavy atom. The highest BCUT2D eigenvalue weighted by Gasteiger charge is 2.37. The van der Waals surface area contributed by atoms with Gasteiger partial charge in [-0.1, -0.05) is 12.1 Å². The summed E-state index contributed by atoms with van der Waals surface area (Å²) in [6.07, 6.45) is -2.76.